The summed E-state index contributed by atoms with van der Waals surface area (Å²) in [5.41, 5.74) is 5.55. The molecule has 3 amide bonds. The van der Waals surface area contributed by atoms with Crippen molar-refractivity contribution in [3.05, 3.63) is 0 Å². The van der Waals surface area contributed by atoms with Crippen LogP contribution in [0.3, 0.4) is 0 Å². The Balaban J connectivity index is 3.73. The highest BCUT2D eigenvalue weighted by atomic mass is 32.2. The van der Waals surface area contributed by atoms with Crippen molar-refractivity contribution in [1.82, 2.24) is 10.6 Å². The van der Waals surface area contributed by atoms with E-state index in [1.54, 1.807) is 6.92 Å². The first kappa shape index (κ1) is 17.7. The fraction of sp³-hybridized carbons (Fsp3) is 0.727. The Labute approximate surface area is 117 Å². The van der Waals surface area contributed by atoms with Crippen LogP contribution < -0.4 is 16.4 Å². The van der Waals surface area contributed by atoms with Crippen molar-refractivity contribution < 1.29 is 19.1 Å². The zero-order valence-electron chi connectivity index (χ0n) is 11.2. The van der Waals surface area contributed by atoms with Crippen LogP contribution in [0.25, 0.3) is 0 Å². The maximum Gasteiger partial charge on any atom is 0.323 e. The predicted molar refractivity (Wildman–Crippen MR) is 73.8 cm³/mol. The lowest BCUT2D eigenvalue weighted by Gasteiger charge is -2.10. The number of nitrogens with two attached hydrogens (primary N) is 1. The number of thioether (sulfide) groups is 1. The largest absolute Gasteiger partial charge is 0.465 e. The van der Waals surface area contributed by atoms with Gasteiger partial charge in [0.15, 0.2) is 0 Å². The van der Waals surface area contributed by atoms with E-state index < -0.39 is 23.9 Å². The molecule has 0 radical (unpaired) electrons. The summed E-state index contributed by atoms with van der Waals surface area (Å²) >= 11 is 1.17. The number of carbonyl (C=O) groups excluding carboxylic acids is 3. The highest BCUT2D eigenvalue weighted by molar-refractivity contribution is 8.00. The van der Waals surface area contributed by atoms with Crippen molar-refractivity contribution in [2.45, 2.75) is 26.3 Å². The molecule has 0 saturated heterocycles. The minimum absolute atomic E-state index is 0.0622. The molecule has 110 valence electrons. The third-order valence-corrected chi connectivity index (χ3v) is 2.97. The second-order valence-electron chi connectivity index (χ2n) is 3.68. The summed E-state index contributed by atoms with van der Waals surface area (Å²) in [7, 11) is 0. The third kappa shape index (κ3) is 9.32. The number of urea groups is 1. The second kappa shape index (κ2) is 10.6. The molecule has 0 bridgehead atoms. The SMILES string of the molecule is CCCNC(=O)NC(=O)CSCC(N)C(=O)OCC. The first-order chi connectivity index (χ1) is 9.01. The Morgan fingerprint density at radius 2 is 2.00 bits per heavy atom. The van der Waals surface area contributed by atoms with Gasteiger partial charge in [0.2, 0.25) is 5.91 Å². The zero-order chi connectivity index (χ0) is 14.7. The number of imide groups is 1. The van der Waals surface area contributed by atoms with E-state index >= 15 is 0 Å². The summed E-state index contributed by atoms with van der Waals surface area (Å²) < 4.78 is 4.73. The molecular weight excluding hydrogens is 270 g/mol. The lowest BCUT2D eigenvalue weighted by molar-refractivity contribution is -0.144. The van der Waals surface area contributed by atoms with Crippen molar-refractivity contribution >= 4 is 29.7 Å². The van der Waals surface area contributed by atoms with Crippen LogP contribution in [0.2, 0.25) is 0 Å². The zero-order valence-corrected chi connectivity index (χ0v) is 12.0. The van der Waals surface area contributed by atoms with E-state index in [2.05, 4.69) is 10.6 Å². The third-order valence-electron chi connectivity index (χ3n) is 1.91. The standard InChI is InChI=1S/C11H21N3O4S/c1-3-5-13-11(17)14-9(15)7-19-6-8(12)10(16)18-4-2/h8H,3-7,12H2,1-2H3,(H2,13,14,15,17). The molecule has 0 spiro atoms. The van der Waals surface area contributed by atoms with Gasteiger partial charge < -0.3 is 15.8 Å². The molecule has 0 saturated carbocycles. The van der Waals surface area contributed by atoms with Crippen LogP contribution >= 0.6 is 11.8 Å². The number of carbonyl (C=O) groups is 3. The Hall–Kier alpha value is -1.28. The fourth-order valence-electron chi connectivity index (χ4n) is 1.04. The van der Waals surface area contributed by atoms with E-state index in [9.17, 15) is 14.4 Å². The van der Waals surface area contributed by atoms with E-state index in [1.165, 1.54) is 11.8 Å². The summed E-state index contributed by atoms with van der Waals surface area (Å²) in [6.07, 6.45) is 0.796. The van der Waals surface area contributed by atoms with E-state index in [0.29, 0.717) is 6.54 Å². The highest BCUT2D eigenvalue weighted by Gasteiger charge is 2.15. The monoisotopic (exact) mass is 291 g/mol. The molecule has 19 heavy (non-hydrogen) atoms. The number of rotatable bonds is 8. The molecular formula is C11H21N3O4S. The molecule has 7 nitrogen and oxygen atoms in total. The molecule has 0 aliphatic rings. The van der Waals surface area contributed by atoms with Gasteiger partial charge in [0, 0.05) is 12.3 Å². The summed E-state index contributed by atoms with van der Waals surface area (Å²) in [6, 6.07) is -1.27. The lowest BCUT2D eigenvalue weighted by Crippen LogP contribution is -2.41. The summed E-state index contributed by atoms with van der Waals surface area (Å²) in [5.74, 6) is -0.582. The van der Waals surface area contributed by atoms with Crippen molar-refractivity contribution in [3.63, 3.8) is 0 Å². The van der Waals surface area contributed by atoms with E-state index in [-0.39, 0.29) is 18.1 Å². The Bertz CT molecular complexity index is 312. The van der Waals surface area contributed by atoms with Gasteiger partial charge in [-0.1, -0.05) is 6.92 Å². The summed E-state index contributed by atoms with van der Waals surface area (Å²) in [5, 5.41) is 4.69. The van der Waals surface area contributed by atoms with Crippen LogP contribution in [0.4, 0.5) is 4.79 Å². The minimum atomic E-state index is -0.758. The average molecular weight is 291 g/mol. The van der Waals surface area contributed by atoms with E-state index in [1.807, 2.05) is 6.92 Å². The molecule has 8 heteroatoms. The maximum absolute atomic E-state index is 11.3. The molecule has 0 fully saturated rings. The smallest absolute Gasteiger partial charge is 0.323 e. The molecule has 0 rings (SSSR count). The van der Waals surface area contributed by atoms with Crippen molar-refractivity contribution in [2.75, 3.05) is 24.7 Å². The van der Waals surface area contributed by atoms with Crippen LogP contribution in [-0.4, -0.2) is 48.6 Å². The fourth-order valence-corrected chi connectivity index (χ4v) is 1.81. The normalized spacial score (nSPS) is 11.5. The first-order valence-electron chi connectivity index (χ1n) is 6.08. The Morgan fingerprint density at radius 3 is 2.58 bits per heavy atom. The first-order valence-corrected chi connectivity index (χ1v) is 7.24. The van der Waals surface area contributed by atoms with Gasteiger partial charge in [0.25, 0.3) is 0 Å². The molecule has 1 unspecified atom stereocenters. The van der Waals surface area contributed by atoms with Gasteiger partial charge >= 0.3 is 12.0 Å². The molecule has 1 atom stereocenters. The lowest BCUT2D eigenvalue weighted by atomic mass is 10.4. The maximum atomic E-state index is 11.3. The van der Waals surface area contributed by atoms with E-state index in [4.69, 9.17) is 10.5 Å². The topological polar surface area (TPSA) is 111 Å². The van der Waals surface area contributed by atoms with Gasteiger partial charge in [0.05, 0.1) is 12.4 Å². The van der Waals surface area contributed by atoms with Crippen LogP contribution in [0.15, 0.2) is 0 Å². The van der Waals surface area contributed by atoms with Gasteiger partial charge in [-0.15, -0.1) is 11.8 Å². The Morgan fingerprint density at radius 1 is 1.32 bits per heavy atom. The van der Waals surface area contributed by atoms with Gasteiger partial charge in [0.1, 0.15) is 6.04 Å². The molecule has 0 aromatic carbocycles. The molecule has 0 aliphatic carbocycles. The average Bonchev–Trinajstić information content (AvgIpc) is 2.36. The van der Waals surface area contributed by atoms with Crippen LogP contribution in [0.5, 0.6) is 0 Å². The number of amides is 3. The van der Waals surface area contributed by atoms with Crippen molar-refractivity contribution in [3.8, 4) is 0 Å². The molecule has 0 heterocycles. The number of nitrogens with one attached hydrogen (secondary N) is 2. The predicted octanol–water partition coefficient (Wildman–Crippen LogP) is -0.154. The van der Waals surface area contributed by atoms with Crippen LogP contribution in [0.1, 0.15) is 20.3 Å². The summed E-state index contributed by atoms with van der Waals surface area (Å²) in [6.45, 7) is 4.39. The second-order valence-corrected chi connectivity index (χ2v) is 4.71. The Kier molecular flexibility index (Phi) is 9.91. The van der Waals surface area contributed by atoms with Gasteiger partial charge in [-0.3, -0.25) is 14.9 Å². The molecule has 0 aromatic heterocycles. The highest BCUT2D eigenvalue weighted by Crippen LogP contribution is 2.02. The van der Waals surface area contributed by atoms with Gasteiger partial charge in [-0.05, 0) is 13.3 Å². The number of ether oxygens (including phenoxy) is 1. The number of esters is 1. The van der Waals surface area contributed by atoms with Crippen LogP contribution in [0, 0.1) is 0 Å². The quantitative estimate of drug-likeness (QED) is 0.536. The van der Waals surface area contributed by atoms with E-state index in [0.717, 1.165) is 6.42 Å². The van der Waals surface area contributed by atoms with Crippen LogP contribution in [-0.2, 0) is 14.3 Å². The van der Waals surface area contributed by atoms with Crippen molar-refractivity contribution in [2.24, 2.45) is 5.73 Å². The molecule has 0 aliphatic heterocycles. The van der Waals surface area contributed by atoms with Gasteiger partial charge in [-0.2, -0.15) is 0 Å². The van der Waals surface area contributed by atoms with Gasteiger partial charge in [-0.25, -0.2) is 4.79 Å². The molecule has 0 aromatic rings. The summed E-state index contributed by atoms with van der Waals surface area (Å²) in [4.78, 5) is 33.7. The number of hydrogen-bond acceptors (Lipinski definition) is 6. The molecule has 4 N–H and O–H groups in total. The minimum Gasteiger partial charge on any atom is -0.465 e. The number of hydrogen-bond donors (Lipinski definition) is 3. The van der Waals surface area contributed by atoms with Crippen molar-refractivity contribution in [1.29, 1.82) is 0 Å².